The Kier molecular flexibility index (Phi) is 6.35. The van der Waals surface area contributed by atoms with E-state index in [9.17, 15) is 4.79 Å². The van der Waals surface area contributed by atoms with Gasteiger partial charge in [0.1, 0.15) is 5.76 Å². The number of carbonyl (C=O) groups is 1. The van der Waals surface area contributed by atoms with Crippen LogP contribution in [0.25, 0.3) is 0 Å². The van der Waals surface area contributed by atoms with Crippen molar-refractivity contribution in [3.63, 3.8) is 0 Å². The number of amides is 1. The van der Waals surface area contributed by atoms with Crippen molar-refractivity contribution in [3.8, 4) is 0 Å². The van der Waals surface area contributed by atoms with Crippen molar-refractivity contribution in [2.75, 3.05) is 20.3 Å². The number of aryl methyl sites for hydroxylation is 2. The fraction of sp³-hybridized carbons (Fsp3) is 0.444. The molecule has 0 saturated heterocycles. The molecule has 2 rings (SSSR count). The SMILES string of the molecule is CCCc1cc(C(=O)N(CCOC)Cc2ccc(C)cc2)no1. The minimum atomic E-state index is -0.131. The lowest BCUT2D eigenvalue weighted by atomic mass is 10.1. The van der Waals surface area contributed by atoms with Crippen molar-refractivity contribution in [1.29, 1.82) is 0 Å². The lowest BCUT2D eigenvalue weighted by Crippen LogP contribution is -2.33. The number of methoxy groups -OCH3 is 1. The minimum absolute atomic E-state index is 0.131. The van der Waals surface area contributed by atoms with Crippen LogP contribution in [0, 0.1) is 6.92 Å². The Morgan fingerprint density at radius 3 is 2.70 bits per heavy atom. The van der Waals surface area contributed by atoms with Crippen LogP contribution in [0.5, 0.6) is 0 Å². The van der Waals surface area contributed by atoms with E-state index in [4.69, 9.17) is 9.26 Å². The first-order valence-corrected chi connectivity index (χ1v) is 7.93. The number of ether oxygens (including phenoxy) is 1. The molecule has 0 saturated carbocycles. The molecule has 0 aliphatic heterocycles. The summed E-state index contributed by atoms with van der Waals surface area (Å²) in [6, 6.07) is 9.90. The molecular formula is C18H24N2O3. The van der Waals surface area contributed by atoms with Gasteiger partial charge in [0.25, 0.3) is 5.91 Å². The fourth-order valence-electron chi connectivity index (χ4n) is 2.31. The number of nitrogens with zero attached hydrogens (tertiary/aromatic N) is 2. The van der Waals surface area contributed by atoms with Gasteiger partial charge < -0.3 is 14.2 Å². The molecule has 0 spiro atoms. The largest absolute Gasteiger partial charge is 0.383 e. The smallest absolute Gasteiger partial charge is 0.276 e. The van der Waals surface area contributed by atoms with Crippen LogP contribution in [0.15, 0.2) is 34.9 Å². The zero-order valence-corrected chi connectivity index (χ0v) is 14.0. The second-order valence-corrected chi connectivity index (χ2v) is 5.63. The summed E-state index contributed by atoms with van der Waals surface area (Å²) in [5.41, 5.74) is 2.64. The molecule has 5 nitrogen and oxygen atoms in total. The molecule has 2 aromatic rings. The van der Waals surface area contributed by atoms with E-state index in [1.165, 1.54) is 5.56 Å². The maximum atomic E-state index is 12.7. The Morgan fingerprint density at radius 1 is 1.30 bits per heavy atom. The van der Waals surface area contributed by atoms with E-state index in [2.05, 4.69) is 12.1 Å². The second-order valence-electron chi connectivity index (χ2n) is 5.63. The molecule has 0 N–H and O–H groups in total. The van der Waals surface area contributed by atoms with E-state index < -0.39 is 0 Å². The molecule has 0 fully saturated rings. The van der Waals surface area contributed by atoms with Crippen LogP contribution in [-0.4, -0.2) is 36.2 Å². The molecule has 1 heterocycles. The van der Waals surface area contributed by atoms with Crippen LogP contribution in [-0.2, 0) is 17.7 Å². The minimum Gasteiger partial charge on any atom is -0.383 e. The molecule has 124 valence electrons. The average molecular weight is 316 g/mol. The zero-order valence-electron chi connectivity index (χ0n) is 14.0. The number of aromatic nitrogens is 1. The lowest BCUT2D eigenvalue weighted by molar-refractivity contribution is 0.0670. The Labute approximate surface area is 137 Å². The first kappa shape index (κ1) is 17.2. The van der Waals surface area contributed by atoms with Gasteiger partial charge >= 0.3 is 0 Å². The highest BCUT2D eigenvalue weighted by atomic mass is 16.5. The first-order chi connectivity index (χ1) is 11.1. The number of benzene rings is 1. The summed E-state index contributed by atoms with van der Waals surface area (Å²) in [5.74, 6) is 0.617. The predicted octanol–water partition coefficient (Wildman–Crippen LogP) is 3.22. The van der Waals surface area contributed by atoms with E-state index in [0.717, 1.165) is 24.2 Å². The van der Waals surface area contributed by atoms with Crippen molar-refractivity contribution < 1.29 is 14.1 Å². The quantitative estimate of drug-likeness (QED) is 0.750. The number of hydrogen-bond acceptors (Lipinski definition) is 4. The van der Waals surface area contributed by atoms with Gasteiger partial charge in [0.2, 0.25) is 0 Å². The van der Waals surface area contributed by atoms with Gasteiger partial charge in [-0.05, 0) is 18.9 Å². The van der Waals surface area contributed by atoms with Crippen molar-refractivity contribution in [1.82, 2.24) is 10.1 Å². The molecule has 0 bridgehead atoms. The van der Waals surface area contributed by atoms with Crippen LogP contribution in [0.3, 0.4) is 0 Å². The second kappa shape index (κ2) is 8.48. The Bertz CT molecular complexity index is 619. The predicted molar refractivity (Wildman–Crippen MR) is 88.3 cm³/mol. The number of hydrogen-bond donors (Lipinski definition) is 0. The van der Waals surface area contributed by atoms with Crippen molar-refractivity contribution in [2.45, 2.75) is 33.2 Å². The zero-order chi connectivity index (χ0) is 16.7. The van der Waals surface area contributed by atoms with E-state index >= 15 is 0 Å². The third kappa shape index (κ3) is 4.93. The Morgan fingerprint density at radius 2 is 2.04 bits per heavy atom. The maximum absolute atomic E-state index is 12.7. The highest BCUT2D eigenvalue weighted by Crippen LogP contribution is 2.13. The summed E-state index contributed by atoms with van der Waals surface area (Å²) in [6.45, 7) is 5.63. The van der Waals surface area contributed by atoms with Crippen LogP contribution < -0.4 is 0 Å². The maximum Gasteiger partial charge on any atom is 0.276 e. The van der Waals surface area contributed by atoms with E-state index in [0.29, 0.717) is 25.4 Å². The molecule has 1 amide bonds. The van der Waals surface area contributed by atoms with Gasteiger partial charge in [-0.15, -0.1) is 0 Å². The molecule has 1 aromatic carbocycles. The van der Waals surface area contributed by atoms with Crippen LogP contribution in [0.1, 0.15) is 40.7 Å². The summed E-state index contributed by atoms with van der Waals surface area (Å²) in [6.07, 6.45) is 1.75. The topological polar surface area (TPSA) is 55.6 Å². The molecule has 1 aromatic heterocycles. The molecule has 0 radical (unpaired) electrons. The third-order valence-electron chi connectivity index (χ3n) is 3.62. The van der Waals surface area contributed by atoms with Crippen molar-refractivity contribution >= 4 is 5.91 Å². The number of rotatable bonds is 8. The molecule has 0 atom stereocenters. The molecule has 23 heavy (non-hydrogen) atoms. The first-order valence-electron chi connectivity index (χ1n) is 7.93. The standard InChI is InChI=1S/C18H24N2O3/c1-4-5-16-12-17(19-23-16)18(21)20(10-11-22-3)13-15-8-6-14(2)7-9-15/h6-9,12H,4-5,10-11,13H2,1-3H3. The average Bonchev–Trinajstić information content (AvgIpc) is 3.01. The normalized spacial score (nSPS) is 10.7. The summed E-state index contributed by atoms with van der Waals surface area (Å²) < 4.78 is 10.3. The van der Waals surface area contributed by atoms with Gasteiger partial charge in [-0.3, -0.25) is 4.79 Å². The van der Waals surface area contributed by atoms with Gasteiger partial charge in [0.05, 0.1) is 6.61 Å². The molecule has 0 aliphatic rings. The summed E-state index contributed by atoms with van der Waals surface area (Å²) >= 11 is 0. The number of carbonyl (C=O) groups excluding carboxylic acids is 1. The van der Waals surface area contributed by atoms with Gasteiger partial charge in [-0.25, -0.2) is 0 Å². The van der Waals surface area contributed by atoms with E-state index in [1.54, 1.807) is 18.1 Å². The van der Waals surface area contributed by atoms with Gasteiger partial charge in [-0.1, -0.05) is 41.9 Å². The van der Waals surface area contributed by atoms with Crippen molar-refractivity contribution in [2.24, 2.45) is 0 Å². The summed E-state index contributed by atoms with van der Waals surface area (Å²) in [5, 5.41) is 3.91. The van der Waals surface area contributed by atoms with Gasteiger partial charge in [0, 0.05) is 32.7 Å². The third-order valence-corrected chi connectivity index (χ3v) is 3.62. The van der Waals surface area contributed by atoms with Gasteiger partial charge in [0.15, 0.2) is 5.69 Å². The van der Waals surface area contributed by atoms with Crippen LogP contribution >= 0.6 is 0 Å². The fourth-order valence-corrected chi connectivity index (χ4v) is 2.31. The van der Waals surface area contributed by atoms with Crippen LogP contribution in [0.2, 0.25) is 0 Å². The monoisotopic (exact) mass is 316 g/mol. The van der Waals surface area contributed by atoms with Gasteiger partial charge in [-0.2, -0.15) is 0 Å². The highest BCUT2D eigenvalue weighted by Gasteiger charge is 2.20. The Hall–Kier alpha value is -2.14. The van der Waals surface area contributed by atoms with Crippen molar-refractivity contribution in [3.05, 3.63) is 52.9 Å². The molecular weight excluding hydrogens is 292 g/mol. The summed E-state index contributed by atoms with van der Waals surface area (Å²) in [4.78, 5) is 14.4. The van der Waals surface area contributed by atoms with E-state index in [1.807, 2.05) is 31.2 Å². The molecule has 0 aliphatic carbocycles. The Balaban J connectivity index is 2.12. The summed E-state index contributed by atoms with van der Waals surface area (Å²) in [7, 11) is 1.63. The highest BCUT2D eigenvalue weighted by molar-refractivity contribution is 5.92. The van der Waals surface area contributed by atoms with E-state index in [-0.39, 0.29) is 5.91 Å². The molecule has 0 unspecified atom stereocenters. The molecule has 5 heteroatoms. The lowest BCUT2D eigenvalue weighted by Gasteiger charge is -2.21. The van der Waals surface area contributed by atoms with Crippen LogP contribution in [0.4, 0.5) is 0 Å².